The van der Waals surface area contributed by atoms with Crippen LogP contribution >= 0.6 is 28.1 Å². The number of halogens is 1. The molecule has 0 saturated carbocycles. The average molecular weight is 351 g/mol. The molecule has 0 spiro atoms. The van der Waals surface area contributed by atoms with Crippen LogP contribution in [-0.2, 0) is 0 Å². The fraction of sp³-hybridized carbons (Fsp3) is 0.133. The molecular weight excluding hydrogens is 336 g/mol. The maximum atomic E-state index is 5.77. The van der Waals surface area contributed by atoms with E-state index in [1.54, 1.807) is 7.11 Å². The van der Waals surface area contributed by atoms with Crippen LogP contribution in [0.25, 0.3) is 0 Å². The number of nitrogens with one attached hydrogen (secondary N) is 1. The first kappa shape index (κ1) is 14.8. The zero-order valence-electron chi connectivity index (χ0n) is 11.2. The van der Waals surface area contributed by atoms with E-state index in [9.17, 15) is 0 Å². The molecule has 0 aliphatic carbocycles. The lowest BCUT2D eigenvalue weighted by Crippen LogP contribution is -2.12. The lowest BCUT2D eigenvalue weighted by atomic mass is 10.1. The third-order valence-corrected chi connectivity index (χ3v) is 3.79. The Morgan fingerprint density at radius 2 is 1.95 bits per heavy atom. The van der Waals surface area contributed by atoms with Gasteiger partial charge in [0.05, 0.1) is 12.8 Å². The third-order valence-electron chi connectivity index (χ3n) is 2.88. The van der Waals surface area contributed by atoms with Crippen LogP contribution in [-0.4, -0.2) is 12.1 Å². The number of anilines is 2. The number of hydrogen-bond acceptors (Lipinski definition) is 3. The lowest BCUT2D eigenvalue weighted by molar-refractivity contribution is 0.415. The quantitative estimate of drug-likeness (QED) is 0.813. The van der Waals surface area contributed by atoms with E-state index in [0.29, 0.717) is 4.99 Å². The molecule has 0 aromatic heterocycles. The van der Waals surface area contributed by atoms with Gasteiger partial charge >= 0.3 is 0 Å². The summed E-state index contributed by atoms with van der Waals surface area (Å²) in [6.07, 6.45) is 0. The summed E-state index contributed by atoms with van der Waals surface area (Å²) in [5.41, 5.74) is 9.49. The van der Waals surface area contributed by atoms with Gasteiger partial charge in [0.15, 0.2) is 0 Å². The Morgan fingerprint density at radius 3 is 2.60 bits per heavy atom. The van der Waals surface area contributed by atoms with E-state index in [2.05, 4.69) is 21.2 Å². The van der Waals surface area contributed by atoms with Gasteiger partial charge in [-0.2, -0.15) is 0 Å². The van der Waals surface area contributed by atoms with Crippen LogP contribution in [0, 0.1) is 6.92 Å². The molecule has 0 saturated heterocycles. The zero-order chi connectivity index (χ0) is 14.7. The van der Waals surface area contributed by atoms with Crippen molar-refractivity contribution in [1.82, 2.24) is 0 Å². The van der Waals surface area contributed by atoms with E-state index >= 15 is 0 Å². The molecule has 0 amide bonds. The largest absolute Gasteiger partial charge is 0.497 e. The number of thiocarbonyl (C=S) groups is 1. The van der Waals surface area contributed by atoms with Gasteiger partial charge in [-0.15, -0.1) is 0 Å². The smallest absolute Gasteiger partial charge is 0.121 e. The number of ether oxygens (including phenoxy) is 1. The summed E-state index contributed by atoms with van der Waals surface area (Å²) in [6.45, 7) is 2.02. The van der Waals surface area contributed by atoms with Crippen molar-refractivity contribution in [1.29, 1.82) is 0 Å². The summed E-state index contributed by atoms with van der Waals surface area (Å²) >= 11 is 8.61. The SMILES string of the molecule is COc1ccc(Br)c(Nc2cc(C)ccc2C(N)=S)c1. The van der Waals surface area contributed by atoms with Gasteiger partial charge in [-0.25, -0.2) is 0 Å². The Labute approximate surface area is 132 Å². The summed E-state index contributed by atoms with van der Waals surface area (Å²) in [5.74, 6) is 0.778. The van der Waals surface area contributed by atoms with Gasteiger partial charge in [0, 0.05) is 21.8 Å². The van der Waals surface area contributed by atoms with Crippen molar-refractivity contribution in [3.05, 3.63) is 52.0 Å². The van der Waals surface area contributed by atoms with E-state index in [4.69, 9.17) is 22.7 Å². The first-order valence-electron chi connectivity index (χ1n) is 6.02. The van der Waals surface area contributed by atoms with Crippen molar-refractivity contribution in [3.63, 3.8) is 0 Å². The van der Waals surface area contributed by atoms with Crippen LogP contribution in [0.5, 0.6) is 5.75 Å². The highest BCUT2D eigenvalue weighted by atomic mass is 79.9. The van der Waals surface area contributed by atoms with Crippen LogP contribution in [0.4, 0.5) is 11.4 Å². The van der Waals surface area contributed by atoms with Crippen molar-refractivity contribution < 1.29 is 4.74 Å². The second kappa shape index (κ2) is 6.24. The fourth-order valence-corrected chi connectivity index (χ4v) is 2.37. The van der Waals surface area contributed by atoms with Gasteiger partial charge in [0.2, 0.25) is 0 Å². The van der Waals surface area contributed by atoms with Gasteiger partial charge in [0.25, 0.3) is 0 Å². The number of methoxy groups -OCH3 is 1. The first-order chi connectivity index (χ1) is 9.51. The normalized spacial score (nSPS) is 10.2. The molecule has 3 N–H and O–H groups in total. The second-order valence-electron chi connectivity index (χ2n) is 4.38. The maximum Gasteiger partial charge on any atom is 0.121 e. The summed E-state index contributed by atoms with van der Waals surface area (Å²) < 4.78 is 6.18. The highest BCUT2D eigenvalue weighted by Gasteiger charge is 2.08. The van der Waals surface area contributed by atoms with Crippen LogP contribution < -0.4 is 15.8 Å². The van der Waals surface area contributed by atoms with Crippen LogP contribution in [0.15, 0.2) is 40.9 Å². The van der Waals surface area contributed by atoms with Crippen molar-refractivity contribution in [3.8, 4) is 5.75 Å². The van der Waals surface area contributed by atoms with Crippen molar-refractivity contribution in [2.24, 2.45) is 5.73 Å². The molecule has 0 aliphatic rings. The van der Waals surface area contributed by atoms with E-state index in [0.717, 1.165) is 32.7 Å². The Morgan fingerprint density at radius 1 is 1.20 bits per heavy atom. The maximum absolute atomic E-state index is 5.77. The fourth-order valence-electron chi connectivity index (χ4n) is 1.85. The summed E-state index contributed by atoms with van der Waals surface area (Å²) in [7, 11) is 1.64. The molecule has 0 atom stereocenters. The summed E-state index contributed by atoms with van der Waals surface area (Å²) in [4.78, 5) is 0.367. The molecule has 0 unspecified atom stereocenters. The molecule has 3 nitrogen and oxygen atoms in total. The van der Waals surface area contributed by atoms with Gasteiger partial charge < -0.3 is 15.8 Å². The molecular formula is C15H15BrN2OS. The number of nitrogens with two attached hydrogens (primary N) is 1. The van der Waals surface area contributed by atoms with E-state index < -0.39 is 0 Å². The van der Waals surface area contributed by atoms with E-state index in [1.807, 2.05) is 43.3 Å². The number of rotatable bonds is 4. The monoisotopic (exact) mass is 350 g/mol. The first-order valence-corrected chi connectivity index (χ1v) is 7.22. The van der Waals surface area contributed by atoms with E-state index in [-0.39, 0.29) is 0 Å². The molecule has 2 aromatic rings. The van der Waals surface area contributed by atoms with Gasteiger partial charge in [-0.1, -0.05) is 18.3 Å². The van der Waals surface area contributed by atoms with Crippen LogP contribution in [0.3, 0.4) is 0 Å². The molecule has 0 aliphatic heterocycles. The number of benzene rings is 2. The second-order valence-corrected chi connectivity index (χ2v) is 5.68. The molecule has 0 radical (unpaired) electrons. The van der Waals surface area contributed by atoms with Crippen molar-refractivity contribution in [2.75, 3.05) is 12.4 Å². The van der Waals surface area contributed by atoms with Gasteiger partial charge in [-0.3, -0.25) is 0 Å². The van der Waals surface area contributed by atoms with Crippen molar-refractivity contribution in [2.45, 2.75) is 6.92 Å². The van der Waals surface area contributed by atoms with Crippen LogP contribution in [0.1, 0.15) is 11.1 Å². The predicted octanol–water partition coefficient (Wildman–Crippen LogP) is 4.14. The topological polar surface area (TPSA) is 47.3 Å². The van der Waals surface area contributed by atoms with Crippen molar-refractivity contribution >= 4 is 44.5 Å². The molecule has 5 heteroatoms. The Hall–Kier alpha value is -1.59. The minimum absolute atomic E-state index is 0.367. The van der Waals surface area contributed by atoms with Gasteiger partial charge in [0.1, 0.15) is 10.7 Å². The predicted molar refractivity (Wildman–Crippen MR) is 91.0 cm³/mol. The molecule has 0 bridgehead atoms. The highest BCUT2D eigenvalue weighted by Crippen LogP contribution is 2.31. The molecule has 0 fully saturated rings. The number of hydrogen-bond donors (Lipinski definition) is 2. The lowest BCUT2D eigenvalue weighted by Gasteiger charge is -2.14. The minimum atomic E-state index is 0.367. The summed E-state index contributed by atoms with van der Waals surface area (Å²) in [5, 5.41) is 3.34. The molecule has 20 heavy (non-hydrogen) atoms. The van der Waals surface area contributed by atoms with Gasteiger partial charge in [-0.05, 0) is 52.7 Å². The van der Waals surface area contributed by atoms with E-state index in [1.165, 1.54) is 0 Å². The molecule has 0 heterocycles. The molecule has 104 valence electrons. The molecule has 2 aromatic carbocycles. The minimum Gasteiger partial charge on any atom is -0.497 e. The third kappa shape index (κ3) is 3.29. The Bertz CT molecular complexity index is 658. The Kier molecular flexibility index (Phi) is 4.62. The highest BCUT2D eigenvalue weighted by molar-refractivity contribution is 9.10. The van der Waals surface area contributed by atoms with Crippen LogP contribution in [0.2, 0.25) is 0 Å². The zero-order valence-corrected chi connectivity index (χ0v) is 13.6. The molecule has 2 rings (SSSR count). The number of aryl methyl sites for hydroxylation is 1. The standard InChI is InChI=1S/C15H15BrN2OS/c1-9-3-5-11(15(17)20)13(7-9)18-14-8-10(19-2)4-6-12(14)16/h3-8,18H,1-2H3,(H2,17,20). The average Bonchev–Trinajstić information content (AvgIpc) is 2.41. The Balaban J connectivity index is 2.43. The summed E-state index contributed by atoms with van der Waals surface area (Å²) in [6, 6.07) is 11.7.